The van der Waals surface area contributed by atoms with Gasteiger partial charge in [-0.3, -0.25) is 14.8 Å². The van der Waals surface area contributed by atoms with Crippen LogP contribution in [0.3, 0.4) is 0 Å². The van der Waals surface area contributed by atoms with Crippen molar-refractivity contribution in [1.29, 1.82) is 0 Å². The summed E-state index contributed by atoms with van der Waals surface area (Å²) < 4.78 is 6.78. The third-order valence-electron chi connectivity index (χ3n) is 4.32. The van der Waals surface area contributed by atoms with Gasteiger partial charge in [0, 0.05) is 28.9 Å². The molecule has 2 aromatic heterocycles. The summed E-state index contributed by atoms with van der Waals surface area (Å²) in [4.78, 5) is 19.6. The van der Waals surface area contributed by atoms with Crippen molar-refractivity contribution < 1.29 is 164 Å². The molecular weight excluding hydrogens is 768 g/mol. The quantitative estimate of drug-likeness (QED) is 0.0688. The molecule has 11 heteroatoms. The van der Waals surface area contributed by atoms with Crippen molar-refractivity contribution in [3.05, 3.63) is 107 Å². The standard InChI is InChI=1S/C12H9NO.C6H6BrN.C6H7NO.CH2O3.2Cs.H/c1-2-5-11-9(4-1)8-10-12(14-11)6-3-7-13-10;1-5-6(7)3-2-4-8-5;7-5-3-1-2-4-6(5)8;2-1-4-3;;;/h1-7H,8H2;2-4H,1H3;1-4,8H,7H2;1,3H;;;/q;;;;2*+1;-1/p-1. The number of pyridine rings is 2. The van der Waals surface area contributed by atoms with Crippen molar-refractivity contribution in [3.8, 4) is 17.2 Å². The van der Waals surface area contributed by atoms with E-state index in [4.69, 9.17) is 25.6 Å². The summed E-state index contributed by atoms with van der Waals surface area (Å²) in [6.45, 7) is 1.78. The molecule has 0 spiro atoms. The predicted octanol–water partition coefficient (Wildman–Crippen LogP) is -1.54. The summed E-state index contributed by atoms with van der Waals surface area (Å²) in [5.74, 6) is 1.98. The summed E-state index contributed by atoms with van der Waals surface area (Å²) in [6, 6.07) is 22.5. The molecule has 0 bridgehead atoms. The first kappa shape index (κ1) is 36.2. The van der Waals surface area contributed by atoms with E-state index >= 15 is 0 Å². The van der Waals surface area contributed by atoms with Crippen LogP contribution in [0.5, 0.6) is 17.2 Å². The number of rotatable bonds is 1. The van der Waals surface area contributed by atoms with E-state index in [-0.39, 0.29) is 151 Å². The van der Waals surface area contributed by atoms with Crippen molar-refractivity contribution in [1.82, 2.24) is 9.97 Å². The van der Waals surface area contributed by atoms with E-state index < -0.39 is 0 Å². The van der Waals surface area contributed by atoms with E-state index in [1.807, 2.05) is 49.4 Å². The van der Waals surface area contributed by atoms with Gasteiger partial charge in [0.15, 0.2) is 0 Å². The number of phenolic OH excluding ortho intramolecular Hbond substituents is 1. The van der Waals surface area contributed by atoms with Gasteiger partial charge in [0.25, 0.3) is 6.47 Å². The van der Waals surface area contributed by atoms with Crippen LogP contribution in [0.1, 0.15) is 18.4 Å². The molecule has 178 valence electrons. The Kier molecular flexibility index (Phi) is 21.1. The summed E-state index contributed by atoms with van der Waals surface area (Å²) >= 11 is 3.33. The van der Waals surface area contributed by atoms with E-state index in [1.165, 1.54) is 5.56 Å². The number of carbonyl (C=O) groups is 1. The summed E-state index contributed by atoms with van der Waals surface area (Å²) in [6.07, 6.45) is 4.45. The second kappa shape index (κ2) is 21.0. The molecule has 3 N–H and O–H groups in total. The SMILES string of the molecule is Cc1ncccc1Br.Nc1ccccc1O.O=CO[O-].[Cs+].[Cs+].[H-].c1ccc2c(c1)Cc1ncccc1O2. The van der Waals surface area contributed by atoms with E-state index in [2.05, 4.69) is 36.9 Å². The van der Waals surface area contributed by atoms with Gasteiger partial charge in [-0.05, 0) is 65.3 Å². The molecule has 0 amide bonds. The second-order valence-electron chi connectivity index (χ2n) is 6.66. The number of nitrogens with zero attached hydrogens (tertiary/aromatic N) is 2. The summed E-state index contributed by atoms with van der Waals surface area (Å²) in [5.41, 5.74) is 8.95. The van der Waals surface area contributed by atoms with E-state index in [0.29, 0.717) is 5.69 Å². The Hall–Kier alpha value is 0.154. The molecule has 4 aromatic rings. The molecule has 2 aromatic carbocycles. The second-order valence-corrected chi connectivity index (χ2v) is 7.51. The number of hydrogen-bond donors (Lipinski definition) is 2. The number of aromatic hydroxyl groups is 1. The predicted molar refractivity (Wildman–Crippen MR) is 131 cm³/mol. The van der Waals surface area contributed by atoms with Gasteiger partial charge < -0.3 is 27.1 Å². The van der Waals surface area contributed by atoms with Gasteiger partial charge in [-0.15, -0.1) is 0 Å². The number of hydrogen-bond acceptors (Lipinski definition) is 8. The molecule has 0 saturated heterocycles. The average molecular weight is 792 g/mol. The number of benzene rings is 2. The molecule has 0 atom stereocenters. The van der Waals surface area contributed by atoms with Gasteiger partial charge >= 0.3 is 138 Å². The maximum atomic E-state index is 8.79. The summed E-state index contributed by atoms with van der Waals surface area (Å²) in [7, 11) is 0. The van der Waals surface area contributed by atoms with E-state index in [9.17, 15) is 0 Å². The Morgan fingerprint density at radius 2 is 1.58 bits per heavy atom. The molecule has 8 nitrogen and oxygen atoms in total. The molecule has 1 aliphatic rings. The molecule has 36 heavy (non-hydrogen) atoms. The Labute approximate surface area is 337 Å². The number of aryl methyl sites for hydroxylation is 1. The zero-order valence-electron chi connectivity index (χ0n) is 21.3. The van der Waals surface area contributed by atoms with Crippen LogP contribution in [0.25, 0.3) is 0 Å². The summed E-state index contributed by atoms with van der Waals surface area (Å²) in [5, 5.41) is 17.2. The minimum atomic E-state index is -0.181. The normalized spacial score (nSPS) is 9.53. The molecule has 1 aliphatic heterocycles. The minimum Gasteiger partial charge on any atom is -1.00 e. The van der Waals surface area contributed by atoms with Gasteiger partial charge in [0.2, 0.25) is 0 Å². The number of ether oxygens (including phenoxy) is 1. The molecule has 0 saturated carbocycles. The van der Waals surface area contributed by atoms with Crippen LogP contribution in [0.4, 0.5) is 5.69 Å². The third-order valence-corrected chi connectivity index (χ3v) is 5.16. The smallest absolute Gasteiger partial charge is 1.00 e. The van der Waals surface area contributed by atoms with Crippen LogP contribution < -0.4 is 154 Å². The fourth-order valence-corrected chi connectivity index (χ4v) is 2.90. The van der Waals surface area contributed by atoms with Crippen molar-refractivity contribution in [2.24, 2.45) is 0 Å². The van der Waals surface area contributed by atoms with Crippen LogP contribution in [0, 0.1) is 6.92 Å². The van der Waals surface area contributed by atoms with Gasteiger partial charge in [-0.1, -0.05) is 30.3 Å². The first-order valence-corrected chi connectivity index (χ1v) is 10.8. The number of halogens is 1. The molecule has 0 aliphatic carbocycles. The van der Waals surface area contributed by atoms with Gasteiger partial charge in [0.1, 0.15) is 17.2 Å². The number of anilines is 1. The van der Waals surface area contributed by atoms with Crippen molar-refractivity contribution in [2.75, 3.05) is 5.73 Å². The third kappa shape index (κ3) is 13.3. The number of aromatic nitrogens is 2. The van der Waals surface area contributed by atoms with Crippen LogP contribution in [-0.2, 0) is 16.1 Å². The Morgan fingerprint density at radius 1 is 1.00 bits per heavy atom. The molecular formula is C25H24BrCs2N3O5. The molecule has 0 radical (unpaired) electrons. The van der Waals surface area contributed by atoms with Crippen molar-refractivity contribution >= 4 is 28.1 Å². The topological polar surface area (TPSA) is 131 Å². The first-order chi connectivity index (χ1) is 16.5. The Morgan fingerprint density at radius 3 is 2.14 bits per heavy atom. The number of para-hydroxylation sites is 3. The molecule has 5 rings (SSSR count). The number of nitrogens with two attached hydrogens (primary N) is 1. The van der Waals surface area contributed by atoms with Crippen molar-refractivity contribution in [2.45, 2.75) is 13.3 Å². The zero-order chi connectivity index (χ0) is 24.8. The first-order valence-electron chi connectivity index (χ1n) is 9.98. The monoisotopic (exact) mass is 791 g/mol. The molecule has 0 fully saturated rings. The fourth-order valence-electron chi connectivity index (χ4n) is 2.65. The largest absolute Gasteiger partial charge is 1.00 e. The van der Waals surface area contributed by atoms with Gasteiger partial charge in [0.05, 0.1) is 17.1 Å². The molecule has 3 heterocycles. The molecule has 0 unspecified atom stereocenters. The maximum absolute atomic E-state index is 8.79. The number of phenols is 1. The number of carbonyl (C=O) groups excluding carboxylic acids is 1. The van der Waals surface area contributed by atoms with Crippen LogP contribution in [0.2, 0.25) is 0 Å². The minimum absolute atomic E-state index is 0. The number of fused-ring (bicyclic) bond motifs is 2. The van der Waals surface area contributed by atoms with Gasteiger partial charge in [-0.25, -0.2) is 0 Å². The Bertz CT molecular complexity index is 1040. The van der Waals surface area contributed by atoms with Crippen LogP contribution in [-0.4, -0.2) is 21.5 Å². The van der Waals surface area contributed by atoms with Crippen LogP contribution >= 0.6 is 15.9 Å². The fraction of sp³-hybridized carbons (Fsp3) is 0.0800. The van der Waals surface area contributed by atoms with Crippen molar-refractivity contribution in [3.63, 3.8) is 0 Å². The van der Waals surface area contributed by atoms with E-state index in [0.717, 1.165) is 33.8 Å². The number of nitrogen functional groups attached to an aromatic ring is 1. The zero-order valence-corrected chi connectivity index (χ0v) is 34.4. The maximum Gasteiger partial charge on any atom is 1.00 e. The Balaban J connectivity index is 0. The van der Waals surface area contributed by atoms with Crippen LogP contribution in [0.15, 0.2) is 89.7 Å². The average Bonchev–Trinajstić information content (AvgIpc) is 2.87. The van der Waals surface area contributed by atoms with E-state index in [1.54, 1.807) is 36.7 Å². The van der Waals surface area contributed by atoms with Gasteiger partial charge in [-0.2, -0.15) is 0 Å².